The maximum Gasteiger partial charge on any atom is 0.180 e. The summed E-state index contributed by atoms with van der Waals surface area (Å²) in [6, 6.07) is 15.5. The Morgan fingerprint density at radius 1 is 1.16 bits per heavy atom. The molecule has 0 amide bonds. The van der Waals surface area contributed by atoms with Crippen molar-refractivity contribution in [3.05, 3.63) is 81.7 Å². The van der Waals surface area contributed by atoms with Crippen molar-refractivity contribution in [2.45, 2.75) is 6.04 Å². The van der Waals surface area contributed by atoms with Crippen LogP contribution < -0.4 is 10.2 Å². The molecule has 0 fully saturated rings. The van der Waals surface area contributed by atoms with Crippen LogP contribution in [0.2, 0.25) is 5.02 Å². The zero-order valence-corrected chi connectivity index (χ0v) is 16.0. The lowest BCUT2D eigenvalue weighted by Gasteiger charge is -2.36. The van der Waals surface area contributed by atoms with Crippen molar-refractivity contribution in [2.24, 2.45) is 0 Å². The predicted molar refractivity (Wildman–Crippen MR) is 107 cm³/mol. The third kappa shape index (κ3) is 3.13. The quantitative estimate of drug-likeness (QED) is 0.578. The number of rotatable bonds is 2. The molecule has 7 heteroatoms. The fourth-order valence-corrected chi connectivity index (χ4v) is 3.62. The molecule has 2 aromatic carbocycles. The molecular weight excluding hydrogens is 420 g/mol. The van der Waals surface area contributed by atoms with E-state index in [2.05, 4.69) is 43.3 Å². The van der Waals surface area contributed by atoms with E-state index in [1.807, 2.05) is 47.5 Å². The van der Waals surface area contributed by atoms with E-state index >= 15 is 0 Å². The van der Waals surface area contributed by atoms with Crippen molar-refractivity contribution in [1.82, 2.24) is 15.3 Å². The summed E-state index contributed by atoms with van der Waals surface area (Å²) in [6.45, 7) is 0. The molecule has 0 aliphatic carbocycles. The maximum absolute atomic E-state index is 6.15. The number of halogens is 2. The highest BCUT2D eigenvalue weighted by Crippen LogP contribution is 2.37. The molecule has 25 heavy (non-hydrogen) atoms. The van der Waals surface area contributed by atoms with Crippen LogP contribution in [-0.2, 0) is 0 Å². The Bertz CT molecular complexity index is 948. The van der Waals surface area contributed by atoms with Gasteiger partial charge >= 0.3 is 0 Å². The molecule has 3 aromatic rings. The first kappa shape index (κ1) is 16.4. The molecule has 1 aliphatic rings. The summed E-state index contributed by atoms with van der Waals surface area (Å²) in [7, 11) is 0. The first-order chi connectivity index (χ1) is 12.1. The molecular formula is C18H12BrClN4S. The Kier molecular flexibility index (Phi) is 4.41. The summed E-state index contributed by atoms with van der Waals surface area (Å²) in [6.07, 6.45) is 3.35. The van der Waals surface area contributed by atoms with Crippen LogP contribution in [0.4, 0.5) is 11.5 Å². The molecule has 0 spiro atoms. The van der Waals surface area contributed by atoms with E-state index in [1.165, 1.54) is 6.33 Å². The van der Waals surface area contributed by atoms with Gasteiger partial charge in [0.25, 0.3) is 0 Å². The zero-order chi connectivity index (χ0) is 17.4. The fraction of sp³-hybridized carbons (Fsp3) is 0.0556. The first-order valence-corrected chi connectivity index (χ1v) is 9.13. The molecule has 0 radical (unpaired) electrons. The zero-order valence-electron chi connectivity index (χ0n) is 12.9. The summed E-state index contributed by atoms with van der Waals surface area (Å²) >= 11 is 15.3. The van der Waals surface area contributed by atoms with Gasteiger partial charge in [0.05, 0.1) is 11.7 Å². The average Bonchev–Trinajstić information content (AvgIpc) is 2.62. The topological polar surface area (TPSA) is 41.1 Å². The van der Waals surface area contributed by atoms with Gasteiger partial charge in [-0.2, -0.15) is 0 Å². The largest absolute Gasteiger partial charge is 0.351 e. The fourth-order valence-electron chi connectivity index (χ4n) is 2.86. The lowest BCUT2D eigenvalue weighted by molar-refractivity contribution is 0.730. The summed E-state index contributed by atoms with van der Waals surface area (Å²) in [5.74, 6) is 0.758. The number of hydrogen-bond acceptors (Lipinski definition) is 3. The van der Waals surface area contributed by atoms with Crippen molar-refractivity contribution in [2.75, 3.05) is 4.90 Å². The minimum atomic E-state index is -0.104. The number of benzene rings is 2. The summed E-state index contributed by atoms with van der Waals surface area (Å²) in [5, 5.41) is 4.61. The molecule has 4 rings (SSSR count). The molecule has 2 heterocycles. The minimum Gasteiger partial charge on any atom is -0.351 e. The van der Waals surface area contributed by atoms with Crippen molar-refractivity contribution < 1.29 is 0 Å². The lowest BCUT2D eigenvalue weighted by Crippen LogP contribution is -2.44. The second kappa shape index (κ2) is 6.71. The number of anilines is 2. The highest BCUT2D eigenvalue weighted by molar-refractivity contribution is 9.10. The standard InChI is InChI=1S/C18H12BrClN4S/c19-12-6-4-11(5-7-12)16-15-9-21-10-22-17(15)24(18(25)23-16)14-3-1-2-13(20)8-14/h1-10,16H,(H,23,25). The Balaban J connectivity index is 1.83. The molecule has 1 aliphatic heterocycles. The van der Waals surface area contributed by atoms with Crippen LogP contribution >= 0.6 is 39.7 Å². The first-order valence-electron chi connectivity index (χ1n) is 7.55. The van der Waals surface area contributed by atoms with Crippen LogP contribution in [0.25, 0.3) is 0 Å². The van der Waals surface area contributed by atoms with Gasteiger partial charge in [-0.3, -0.25) is 4.90 Å². The van der Waals surface area contributed by atoms with E-state index in [4.69, 9.17) is 23.8 Å². The van der Waals surface area contributed by atoms with Crippen molar-refractivity contribution in [1.29, 1.82) is 0 Å². The van der Waals surface area contributed by atoms with Gasteiger partial charge in [-0.15, -0.1) is 0 Å². The molecule has 0 saturated carbocycles. The molecule has 1 N–H and O–H groups in total. The second-order valence-corrected chi connectivity index (χ2v) is 7.29. The molecule has 0 bridgehead atoms. The van der Waals surface area contributed by atoms with Crippen LogP contribution in [0.5, 0.6) is 0 Å². The maximum atomic E-state index is 6.15. The molecule has 4 nitrogen and oxygen atoms in total. The molecule has 1 aromatic heterocycles. The monoisotopic (exact) mass is 430 g/mol. The van der Waals surface area contributed by atoms with Crippen LogP contribution in [-0.4, -0.2) is 15.1 Å². The van der Waals surface area contributed by atoms with Gasteiger partial charge < -0.3 is 5.32 Å². The number of fused-ring (bicyclic) bond motifs is 1. The van der Waals surface area contributed by atoms with Crippen molar-refractivity contribution in [3.63, 3.8) is 0 Å². The van der Waals surface area contributed by atoms with Gasteiger partial charge in [0, 0.05) is 21.3 Å². The average molecular weight is 432 g/mol. The summed E-state index contributed by atoms with van der Waals surface area (Å²) in [5.41, 5.74) is 2.91. The minimum absolute atomic E-state index is 0.104. The number of aromatic nitrogens is 2. The highest BCUT2D eigenvalue weighted by atomic mass is 79.9. The Labute approximate surface area is 164 Å². The molecule has 124 valence electrons. The van der Waals surface area contributed by atoms with E-state index in [1.54, 1.807) is 0 Å². The van der Waals surface area contributed by atoms with E-state index in [0.29, 0.717) is 10.1 Å². The number of nitrogens with one attached hydrogen (secondary N) is 1. The van der Waals surface area contributed by atoms with Gasteiger partial charge in [0.2, 0.25) is 0 Å². The molecule has 0 saturated heterocycles. The van der Waals surface area contributed by atoms with Gasteiger partial charge in [0.1, 0.15) is 12.1 Å². The van der Waals surface area contributed by atoms with Crippen molar-refractivity contribution in [3.8, 4) is 0 Å². The molecule has 1 atom stereocenters. The number of nitrogens with zero attached hydrogens (tertiary/aromatic N) is 3. The van der Waals surface area contributed by atoms with Crippen LogP contribution in [0.3, 0.4) is 0 Å². The lowest BCUT2D eigenvalue weighted by atomic mass is 9.98. The Morgan fingerprint density at radius 3 is 2.72 bits per heavy atom. The Morgan fingerprint density at radius 2 is 1.96 bits per heavy atom. The summed E-state index contributed by atoms with van der Waals surface area (Å²) < 4.78 is 1.03. The van der Waals surface area contributed by atoms with Crippen molar-refractivity contribution >= 4 is 56.4 Å². The van der Waals surface area contributed by atoms with Gasteiger partial charge in [-0.1, -0.05) is 45.7 Å². The third-order valence-corrected chi connectivity index (χ3v) is 5.05. The van der Waals surface area contributed by atoms with Crippen LogP contribution in [0.1, 0.15) is 17.2 Å². The van der Waals surface area contributed by atoms with Gasteiger partial charge in [0.15, 0.2) is 5.11 Å². The number of hydrogen-bond donors (Lipinski definition) is 1. The van der Waals surface area contributed by atoms with Crippen LogP contribution in [0.15, 0.2) is 65.5 Å². The van der Waals surface area contributed by atoms with E-state index in [-0.39, 0.29) is 6.04 Å². The second-order valence-electron chi connectivity index (χ2n) is 5.55. The predicted octanol–water partition coefficient (Wildman–Crippen LogP) is 5.01. The molecule has 1 unspecified atom stereocenters. The third-order valence-electron chi connectivity index (χ3n) is 3.98. The summed E-state index contributed by atoms with van der Waals surface area (Å²) in [4.78, 5) is 10.6. The number of thiocarbonyl (C=S) groups is 1. The van der Waals surface area contributed by atoms with Gasteiger partial charge in [-0.05, 0) is 48.1 Å². The highest BCUT2D eigenvalue weighted by Gasteiger charge is 2.31. The van der Waals surface area contributed by atoms with Crippen LogP contribution in [0, 0.1) is 0 Å². The van der Waals surface area contributed by atoms with E-state index in [9.17, 15) is 0 Å². The van der Waals surface area contributed by atoms with E-state index < -0.39 is 0 Å². The van der Waals surface area contributed by atoms with E-state index in [0.717, 1.165) is 27.1 Å². The smallest absolute Gasteiger partial charge is 0.180 e. The Hall–Kier alpha value is -2.02. The van der Waals surface area contributed by atoms with Gasteiger partial charge in [-0.25, -0.2) is 9.97 Å². The SMILES string of the molecule is S=C1NC(c2ccc(Br)cc2)c2cncnc2N1c1cccc(Cl)c1. The normalized spacial score (nSPS) is 16.3.